The quantitative estimate of drug-likeness (QED) is 0.451. The van der Waals surface area contributed by atoms with Gasteiger partial charge in [0.2, 0.25) is 0 Å². The minimum atomic E-state index is -0.419. The number of hydrogen-bond donors (Lipinski definition) is 2. The third-order valence-corrected chi connectivity index (χ3v) is 1.97. The second-order valence-corrected chi connectivity index (χ2v) is 2.98. The third kappa shape index (κ3) is 2.64. The van der Waals surface area contributed by atoms with Gasteiger partial charge in [-0.05, 0) is 26.0 Å². The lowest BCUT2D eigenvalue weighted by Crippen LogP contribution is -2.15. The molecule has 0 aromatic heterocycles. The van der Waals surface area contributed by atoms with Crippen LogP contribution in [0.15, 0.2) is 18.2 Å². The highest BCUT2D eigenvalue weighted by Crippen LogP contribution is 2.28. The first-order chi connectivity index (χ1) is 7.74. The van der Waals surface area contributed by atoms with E-state index in [9.17, 15) is 4.79 Å². The van der Waals surface area contributed by atoms with Crippen LogP contribution in [0.2, 0.25) is 0 Å². The number of carbonyl (C=O) groups excluding carboxylic acids is 1. The molecule has 5 heteroatoms. The van der Waals surface area contributed by atoms with Crippen molar-refractivity contribution in [3.05, 3.63) is 23.8 Å². The monoisotopic (exact) mass is 224 g/mol. The fourth-order valence-corrected chi connectivity index (χ4v) is 1.33. The van der Waals surface area contributed by atoms with E-state index in [2.05, 4.69) is 5.43 Å². The van der Waals surface area contributed by atoms with Gasteiger partial charge >= 0.3 is 5.97 Å². The maximum absolute atomic E-state index is 11.6. The zero-order valence-electron chi connectivity index (χ0n) is 9.45. The minimum absolute atomic E-state index is 0.321. The highest BCUT2D eigenvalue weighted by molar-refractivity contribution is 5.97. The Morgan fingerprint density at radius 1 is 1.38 bits per heavy atom. The van der Waals surface area contributed by atoms with Crippen molar-refractivity contribution in [3.8, 4) is 5.75 Å². The summed E-state index contributed by atoms with van der Waals surface area (Å²) in [4.78, 5) is 11.6. The van der Waals surface area contributed by atoms with Gasteiger partial charge in [-0.3, -0.25) is 5.84 Å². The molecule has 0 aliphatic heterocycles. The number of hydrazine groups is 1. The van der Waals surface area contributed by atoms with Crippen molar-refractivity contribution in [3.63, 3.8) is 0 Å². The molecular formula is C11H16N2O3. The van der Waals surface area contributed by atoms with Crippen LogP contribution < -0.4 is 16.0 Å². The van der Waals surface area contributed by atoms with E-state index in [4.69, 9.17) is 15.3 Å². The van der Waals surface area contributed by atoms with Gasteiger partial charge in [-0.2, -0.15) is 0 Å². The lowest BCUT2D eigenvalue weighted by Gasteiger charge is -2.13. The van der Waals surface area contributed by atoms with Gasteiger partial charge in [0.05, 0.1) is 18.8 Å². The number of esters is 1. The van der Waals surface area contributed by atoms with E-state index in [1.807, 2.05) is 6.92 Å². The molecule has 0 saturated heterocycles. The summed E-state index contributed by atoms with van der Waals surface area (Å²) in [6, 6.07) is 5.09. The van der Waals surface area contributed by atoms with Crippen molar-refractivity contribution in [2.24, 2.45) is 5.84 Å². The van der Waals surface area contributed by atoms with Crippen molar-refractivity contribution in [1.29, 1.82) is 0 Å². The van der Waals surface area contributed by atoms with Gasteiger partial charge in [-0.1, -0.05) is 6.07 Å². The number of anilines is 1. The first-order valence-corrected chi connectivity index (χ1v) is 5.14. The standard InChI is InChI=1S/C11H16N2O3/c1-3-15-9-7-5-6-8(10(9)13-12)11(14)16-4-2/h5-7,13H,3-4,12H2,1-2H3. The average molecular weight is 224 g/mol. The van der Waals surface area contributed by atoms with Crippen LogP contribution in [0.1, 0.15) is 24.2 Å². The van der Waals surface area contributed by atoms with Crippen molar-refractivity contribution >= 4 is 11.7 Å². The predicted molar refractivity (Wildman–Crippen MR) is 61.4 cm³/mol. The van der Waals surface area contributed by atoms with Crippen LogP contribution >= 0.6 is 0 Å². The van der Waals surface area contributed by atoms with Crippen LogP contribution in [-0.4, -0.2) is 19.2 Å². The van der Waals surface area contributed by atoms with E-state index in [1.165, 1.54) is 0 Å². The van der Waals surface area contributed by atoms with Gasteiger partial charge in [0.1, 0.15) is 11.4 Å². The largest absolute Gasteiger partial charge is 0.492 e. The van der Waals surface area contributed by atoms with Gasteiger partial charge in [0, 0.05) is 0 Å². The zero-order valence-corrected chi connectivity index (χ0v) is 9.45. The summed E-state index contributed by atoms with van der Waals surface area (Å²) < 4.78 is 10.3. The maximum atomic E-state index is 11.6. The molecule has 0 amide bonds. The molecule has 1 rings (SSSR count). The molecule has 5 nitrogen and oxygen atoms in total. The van der Waals surface area contributed by atoms with Crippen LogP contribution in [0.4, 0.5) is 5.69 Å². The SMILES string of the molecule is CCOC(=O)c1cccc(OCC)c1NN. The lowest BCUT2D eigenvalue weighted by molar-refractivity contribution is 0.0527. The van der Waals surface area contributed by atoms with E-state index in [0.29, 0.717) is 30.2 Å². The Kier molecular flexibility index (Phi) is 4.60. The average Bonchev–Trinajstić information content (AvgIpc) is 2.29. The fourth-order valence-electron chi connectivity index (χ4n) is 1.33. The predicted octanol–water partition coefficient (Wildman–Crippen LogP) is 1.55. The number of rotatable bonds is 5. The fraction of sp³-hybridized carbons (Fsp3) is 0.364. The number of ether oxygens (including phenoxy) is 2. The topological polar surface area (TPSA) is 73.6 Å². The molecule has 0 atom stereocenters. The second-order valence-electron chi connectivity index (χ2n) is 2.98. The van der Waals surface area contributed by atoms with Gasteiger partial charge in [-0.25, -0.2) is 4.79 Å². The number of nitrogens with one attached hydrogen (secondary N) is 1. The normalized spacial score (nSPS) is 9.69. The number of nitrogens with two attached hydrogens (primary N) is 1. The van der Waals surface area contributed by atoms with Crippen molar-refractivity contribution in [1.82, 2.24) is 0 Å². The smallest absolute Gasteiger partial charge is 0.340 e. The summed E-state index contributed by atoms with van der Waals surface area (Å²) in [7, 11) is 0. The Labute approximate surface area is 94.5 Å². The highest BCUT2D eigenvalue weighted by atomic mass is 16.5. The zero-order chi connectivity index (χ0) is 12.0. The van der Waals surface area contributed by atoms with E-state index >= 15 is 0 Å². The molecule has 0 aliphatic carbocycles. The molecule has 1 aromatic carbocycles. The minimum Gasteiger partial charge on any atom is -0.492 e. The Balaban J connectivity index is 3.08. The highest BCUT2D eigenvalue weighted by Gasteiger charge is 2.15. The van der Waals surface area contributed by atoms with Crippen LogP contribution in [0.25, 0.3) is 0 Å². The number of hydrogen-bond acceptors (Lipinski definition) is 5. The van der Waals surface area contributed by atoms with Gasteiger partial charge < -0.3 is 14.9 Å². The Bertz CT molecular complexity index is 366. The molecule has 0 saturated carbocycles. The summed E-state index contributed by atoms with van der Waals surface area (Å²) in [6.07, 6.45) is 0. The molecule has 88 valence electrons. The first kappa shape index (κ1) is 12.3. The molecule has 0 radical (unpaired) electrons. The van der Waals surface area contributed by atoms with Crippen LogP contribution in [0.5, 0.6) is 5.75 Å². The van der Waals surface area contributed by atoms with Gasteiger partial charge in [-0.15, -0.1) is 0 Å². The maximum Gasteiger partial charge on any atom is 0.340 e. The molecule has 0 spiro atoms. The summed E-state index contributed by atoms with van der Waals surface area (Å²) in [5.41, 5.74) is 3.28. The summed E-state index contributed by atoms with van der Waals surface area (Å²) in [5, 5.41) is 0. The second kappa shape index (κ2) is 5.97. The molecule has 0 aliphatic rings. The molecule has 0 fully saturated rings. The van der Waals surface area contributed by atoms with E-state index in [0.717, 1.165) is 0 Å². The summed E-state index contributed by atoms with van der Waals surface area (Å²) >= 11 is 0. The van der Waals surface area contributed by atoms with Crippen molar-refractivity contribution in [2.75, 3.05) is 18.6 Å². The first-order valence-electron chi connectivity index (χ1n) is 5.14. The number of benzene rings is 1. The van der Waals surface area contributed by atoms with E-state index in [1.54, 1.807) is 25.1 Å². The Morgan fingerprint density at radius 3 is 2.69 bits per heavy atom. The Hall–Kier alpha value is -1.75. The summed E-state index contributed by atoms with van der Waals surface area (Å²) in [6.45, 7) is 4.43. The number of carbonyl (C=O) groups is 1. The van der Waals surface area contributed by atoms with Crippen molar-refractivity contribution in [2.45, 2.75) is 13.8 Å². The number of para-hydroxylation sites is 1. The lowest BCUT2D eigenvalue weighted by atomic mass is 10.1. The van der Waals surface area contributed by atoms with Crippen molar-refractivity contribution < 1.29 is 14.3 Å². The van der Waals surface area contributed by atoms with Crippen LogP contribution in [-0.2, 0) is 4.74 Å². The molecule has 0 heterocycles. The number of nitrogen functional groups attached to an aromatic ring is 1. The molecule has 16 heavy (non-hydrogen) atoms. The summed E-state index contributed by atoms with van der Waals surface area (Å²) in [5.74, 6) is 5.50. The third-order valence-electron chi connectivity index (χ3n) is 1.97. The van der Waals surface area contributed by atoms with Gasteiger partial charge in [0.25, 0.3) is 0 Å². The molecule has 0 bridgehead atoms. The molecular weight excluding hydrogens is 208 g/mol. The molecule has 3 N–H and O–H groups in total. The van der Waals surface area contributed by atoms with Crippen LogP contribution in [0.3, 0.4) is 0 Å². The van der Waals surface area contributed by atoms with E-state index < -0.39 is 5.97 Å². The molecule has 0 unspecified atom stereocenters. The van der Waals surface area contributed by atoms with E-state index in [-0.39, 0.29) is 0 Å². The van der Waals surface area contributed by atoms with Gasteiger partial charge in [0.15, 0.2) is 0 Å². The van der Waals surface area contributed by atoms with Crippen LogP contribution in [0, 0.1) is 0 Å². The Morgan fingerprint density at radius 2 is 2.12 bits per heavy atom. The molecule has 1 aromatic rings.